The van der Waals surface area contributed by atoms with Crippen molar-refractivity contribution in [3.63, 3.8) is 0 Å². The van der Waals surface area contributed by atoms with Crippen LogP contribution in [-0.4, -0.2) is 15.9 Å². The maximum atomic E-state index is 12.0. The van der Waals surface area contributed by atoms with Crippen molar-refractivity contribution >= 4 is 28.9 Å². The molecule has 0 atom stereocenters. The molecule has 0 aliphatic heterocycles. The van der Waals surface area contributed by atoms with E-state index in [2.05, 4.69) is 21.8 Å². The zero-order valence-electron chi connectivity index (χ0n) is 16.6. The molecule has 1 aromatic heterocycles. The van der Waals surface area contributed by atoms with Gasteiger partial charge in [0.05, 0.1) is 16.8 Å². The molecule has 1 heterocycles. The number of primary amides is 1. The Morgan fingerprint density at radius 2 is 1.32 bits per heavy atom. The highest BCUT2D eigenvalue weighted by atomic mass is 16.1. The summed E-state index contributed by atoms with van der Waals surface area (Å²) in [5.74, 6) is 5.84. The van der Waals surface area contributed by atoms with Gasteiger partial charge in [0.15, 0.2) is 0 Å². The molecule has 4 rings (SSSR count). The predicted octanol–water partition coefficient (Wildman–Crippen LogP) is 4.03. The number of nitrogens with two attached hydrogens (primary N) is 2. The van der Waals surface area contributed by atoms with Crippen molar-refractivity contribution in [3.8, 4) is 11.8 Å². The third-order valence-electron chi connectivity index (χ3n) is 4.57. The second kappa shape index (κ2) is 8.80. The molecule has 0 saturated heterocycles. The second-order valence-electron chi connectivity index (χ2n) is 6.68. The van der Waals surface area contributed by atoms with Crippen LogP contribution in [-0.2, 0) is 0 Å². The van der Waals surface area contributed by atoms with E-state index in [9.17, 15) is 4.79 Å². The van der Waals surface area contributed by atoms with E-state index in [1.807, 2.05) is 71.6 Å². The van der Waals surface area contributed by atoms with Gasteiger partial charge in [-0.1, -0.05) is 42.2 Å². The van der Waals surface area contributed by atoms with E-state index in [0.717, 1.165) is 16.9 Å². The zero-order chi connectivity index (χ0) is 21.6. The highest BCUT2D eigenvalue weighted by Crippen LogP contribution is 2.36. The van der Waals surface area contributed by atoms with Crippen LogP contribution in [0.1, 0.15) is 21.5 Å². The van der Waals surface area contributed by atoms with E-state index >= 15 is 0 Å². The van der Waals surface area contributed by atoms with E-state index in [-0.39, 0.29) is 5.95 Å². The number of amides is 1. The lowest BCUT2D eigenvalue weighted by Gasteiger charge is -2.27. The standard InChI is InChI=1S/C25H19N5O/c26-24(31)22-8-4-5-9-23(22)30(20-6-2-1-3-7-20)21-14-12-18(13-15-21)10-11-19-16-28-25(27)29-17-19/h1-9,12-17H,(H2,26,31)(H2,27,28,29). The maximum Gasteiger partial charge on any atom is 0.250 e. The number of para-hydroxylation sites is 2. The summed E-state index contributed by atoms with van der Waals surface area (Å²) in [4.78, 5) is 21.9. The second-order valence-corrected chi connectivity index (χ2v) is 6.68. The van der Waals surface area contributed by atoms with Crippen molar-refractivity contribution < 1.29 is 4.79 Å². The molecule has 4 aromatic rings. The van der Waals surface area contributed by atoms with Gasteiger partial charge in [0.2, 0.25) is 5.95 Å². The molecule has 0 fully saturated rings. The minimum atomic E-state index is -0.482. The quantitative estimate of drug-likeness (QED) is 0.500. The van der Waals surface area contributed by atoms with Gasteiger partial charge in [-0.3, -0.25) is 4.79 Å². The van der Waals surface area contributed by atoms with Crippen molar-refractivity contribution in [3.05, 3.63) is 108 Å². The van der Waals surface area contributed by atoms with Gasteiger partial charge in [0.1, 0.15) is 0 Å². The number of hydrogen-bond donors (Lipinski definition) is 2. The van der Waals surface area contributed by atoms with Gasteiger partial charge >= 0.3 is 0 Å². The third kappa shape index (κ3) is 4.52. The number of carbonyl (C=O) groups is 1. The van der Waals surface area contributed by atoms with Gasteiger partial charge in [0.25, 0.3) is 5.91 Å². The fourth-order valence-corrected chi connectivity index (χ4v) is 3.12. The van der Waals surface area contributed by atoms with Crippen LogP contribution in [0.3, 0.4) is 0 Å². The van der Waals surface area contributed by atoms with Gasteiger partial charge in [-0.15, -0.1) is 0 Å². The number of aromatic nitrogens is 2. The number of anilines is 4. The predicted molar refractivity (Wildman–Crippen MR) is 122 cm³/mol. The summed E-state index contributed by atoms with van der Waals surface area (Å²) in [7, 11) is 0. The van der Waals surface area contributed by atoms with E-state index in [4.69, 9.17) is 11.5 Å². The van der Waals surface area contributed by atoms with Crippen LogP contribution >= 0.6 is 0 Å². The molecule has 3 aromatic carbocycles. The summed E-state index contributed by atoms with van der Waals surface area (Å²) < 4.78 is 0. The number of benzene rings is 3. The summed E-state index contributed by atoms with van der Waals surface area (Å²) in [5, 5.41) is 0. The number of hydrogen-bond acceptors (Lipinski definition) is 5. The van der Waals surface area contributed by atoms with Gasteiger partial charge in [-0.25, -0.2) is 9.97 Å². The normalized spacial score (nSPS) is 10.1. The van der Waals surface area contributed by atoms with Gasteiger partial charge in [-0.2, -0.15) is 0 Å². The number of nitrogen functional groups attached to an aromatic ring is 1. The largest absolute Gasteiger partial charge is 0.368 e. The van der Waals surface area contributed by atoms with Gasteiger partial charge < -0.3 is 16.4 Å². The number of carbonyl (C=O) groups excluding carboxylic acids is 1. The Hall–Kier alpha value is -4.63. The Bertz CT molecular complexity index is 1260. The molecule has 6 nitrogen and oxygen atoms in total. The van der Waals surface area contributed by atoms with Crippen LogP contribution in [0.2, 0.25) is 0 Å². The minimum absolute atomic E-state index is 0.215. The molecular weight excluding hydrogens is 386 g/mol. The first kappa shape index (κ1) is 19.7. The molecule has 1 amide bonds. The monoisotopic (exact) mass is 405 g/mol. The molecule has 150 valence electrons. The molecule has 0 aliphatic carbocycles. The summed E-state index contributed by atoms with van der Waals surface area (Å²) in [6.07, 6.45) is 3.17. The Kier molecular flexibility index (Phi) is 5.59. The van der Waals surface area contributed by atoms with Gasteiger partial charge in [-0.05, 0) is 48.5 Å². The topological polar surface area (TPSA) is 98.1 Å². The van der Waals surface area contributed by atoms with Crippen LogP contribution in [0.15, 0.2) is 91.3 Å². The molecule has 4 N–H and O–H groups in total. The average Bonchev–Trinajstić information content (AvgIpc) is 2.81. The van der Waals surface area contributed by atoms with Crippen molar-refractivity contribution in [1.29, 1.82) is 0 Å². The third-order valence-corrected chi connectivity index (χ3v) is 4.57. The van der Waals surface area contributed by atoms with Crippen LogP contribution in [0.5, 0.6) is 0 Å². The van der Waals surface area contributed by atoms with Gasteiger partial charge in [0, 0.05) is 29.3 Å². The van der Waals surface area contributed by atoms with E-state index < -0.39 is 5.91 Å². The Morgan fingerprint density at radius 1 is 0.742 bits per heavy atom. The highest BCUT2D eigenvalue weighted by molar-refractivity contribution is 6.01. The fourth-order valence-electron chi connectivity index (χ4n) is 3.12. The molecule has 31 heavy (non-hydrogen) atoms. The van der Waals surface area contributed by atoms with E-state index in [1.54, 1.807) is 24.5 Å². The number of rotatable bonds is 4. The highest BCUT2D eigenvalue weighted by Gasteiger charge is 2.17. The lowest BCUT2D eigenvalue weighted by atomic mass is 10.1. The van der Waals surface area contributed by atoms with Crippen molar-refractivity contribution in [1.82, 2.24) is 9.97 Å². The van der Waals surface area contributed by atoms with Crippen LogP contribution in [0, 0.1) is 11.8 Å². The first-order valence-electron chi connectivity index (χ1n) is 9.55. The maximum absolute atomic E-state index is 12.0. The zero-order valence-corrected chi connectivity index (χ0v) is 16.6. The minimum Gasteiger partial charge on any atom is -0.368 e. The van der Waals surface area contributed by atoms with Crippen LogP contribution in [0.25, 0.3) is 0 Å². The Labute approximate surface area is 180 Å². The molecule has 6 heteroatoms. The molecular formula is C25H19N5O. The summed E-state index contributed by atoms with van der Waals surface area (Å²) >= 11 is 0. The van der Waals surface area contributed by atoms with E-state index in [1.165, 1.54) is 0 Å². The van der Waals surface area contributed by atoms with Crippen molar-refractivity contribution in [2.45, 2.75) is 0 Å². The molecule has 0 spiro atoms. The van der Waals surface area contributed by atoms with E-state index in [0.29, 0.717) is 16.8 Å². The Balaban J connectivity index is 1.72. The van der Waals surface area contributed by atoms with Crippen molar-refractivity contribution in [2.24, 2.45) is 5.73 Å². The number of nitrogens with zero attached hydrogens (tertiary/aromatic N) is 3. The first-order chi connectivity index (χ1) is 15.1. The Morgan fingerprint density at radius 3 is 2.00 bits per heavy atom. The molecule has 0 aliphatic rings. The summed E-state index contributed by atoms with van der Waals surface area (Å²) in [6.45, 7) is 0. The molecule has 0 unspecified atom stereocenters. The molecule has 0 saturated carbocycles. The van der Waals surface area contributed by atoms with Crippen molar-refractivity contribution in [2.75, 3.05) is 10.6 Å². The summed E-state index contributed by atoms with van der Waals surface area (Å²) in [6, 6.07) is 24.8. The molecule has 0 radical (unpaired) electrons. The lowest BCUT2D eigenvalue weighted by molar-refractivity contribution is 0.100. The van der Waals surface area contributed by atoms with Crippen LogP contribution < -0.4 is 16.4 Å². The fraction of sp³-hybridized carbons (Fsp3) is 0. The summed E-state index contributed by atoms with van der Waals surface area (Å²) in [5.41, 5.74) is 15.6. The average molecular weight is 405 g/mol. The van der Waals surface area contributed by atoms with Crippen LogP contribution in [0.4, 0.5) is 23.0 Å². The molecule has 0 bridgehead atoms. The lowest BCUT2D eigenvalue weighted by Crippen LogP contribution is -2.18. The SMILES string of the molecule is NC(=O)c1ccccc1N(c1ccccc1)c1ccc(C#Cc2cnc(N)nc2)cc1. The smallest absolute Gasteiger partial charge is 0.250 e. The first-order valence-corrected chi connectivity index (χ1v) is 9.55.